The second kappa shape index (κ2) is 7.25. The fraction of sp³-hybridized carbons (Fsp3) is 0.529. The molecule has 0 aromatic heterocycles. The van der Waals surface area contributed by atoms with Gasteiger partial charge in [-0.05, 0) is 31.7 Å². The van der Waals surface area contributed by atoms with E-state index in [1.807, 2.05) is 58.0 Å². The van der Waals surface area contributed by atoms with Crippen molar-refractivity contribution in [1.82, 2.24) is 5.32 Å². The largest absolute Gasteiger partial charge is 0.481 e. The highest BCUT2D eigenvalue weighted by atomic mass is 16.4. The normalized spacial score (nSPS) is 13.0. The summed E-state index contributed by atoms with van der Waals surface area (Å²) in [5.41, 5.74) is 0.232. The van der Waals surface area contributed by atoms with Gasteiger partial charge in [0.1, 0.15) is 0 Å². The molecular weight excluding hydrogens is 266 g/mol. The van der Waals surface area contributed by atoms with Crippen LogP contribution in [0.15, 0.2) is 30.3 Å². The van der Waals surface area contributed by atoms with E-state index in [-0.39, 0.29) is 18.4 Å². The van der Waals surface area contributed by atoms with Crippen molar-refractivity contribution >= 4 is 11.9 Å². The molecule has 0 aliphatic rings. The van der Waals surface area contributed by atoms with E-state index in [1.54, 1.807) is 0 Å². The van der Waals surface area contributed by atoms with Gasteiger partial charge in [0.05, 0.1) is 11.8 Å². The zero-order chi connectivity index (χ0) is 16.0. The summed E-state index contributed by atoms with van der Waals surface area (Å²) in [6, 6.07) is 9.19. The number of amides is 1. The van der Waals surface area contributed by atoms with Gasteiger partial charge in [0, 0.05) is 6.04 Å². The molecule has 1 aromatic rings. The third-order valence-corrected chi connectivity index (χ3v) is 3.58. The number of aliphatic carboxylic acids is 1. The lowest BCUT2D eigenvalue weighted by molar-refractivity contribution is -0.138. The van der Waals surface area contributed by atoms with Crippen molar-refractivity contribution in [2.45, 2.75) is 52.0 Å². The van der Waals surface area contributed by atoms with E-state index in [9.17, 15) is 9.59 Å². The molecule has 0 saturated heterocycles. The molecule has 1 atom stereocenters. The van der Waals surface area contributed by atoms with Crippen molar-refractivity contribution in [3.63, 3.8) is 0 Å². The second-order valence-electron chi connectivity index (χ2n) is 6.39. The minimum atomic E-state index is -0.890. The van der Waals surface area contributed by atoms with Crippen LogP contribution in [0.4, 0.5) is 0 Å². The van der Waals surface area contributed by atoms with Crippen LogP contribution >= 0.6 is 0 Å². The van der Waals surface area contributed by atoms with E-state index in [0.717, 1.165) is 5.56 Å². The molecule has 0 fully saturated rings. The monoisotopic (exact) mass is 291 g/mol. The number of nitrogens with one attached hydrogen (secondary N) is 1. The number of carboxylic acid groups (broad SMARTS) is 1. The molecule has 0 aliphatic heterocycles. The molecular formula is C17H25NO3. The minimum absolute atomic E-state index is 0.0468. The predicted molar refractivity (Wildman–Crippen MR) is 83.1 cm³/mol. The topological polar surface area (TPSA) is 66.4 Å². The summed E-state index contributed by atoms with van der Waals surface area (Å²) in [5, 5.41) is 11.9. The van der Waals surface area contributed by atoms with Crippen molar-refractivity contribution in [3.8, 4) is 0 Å². The van der Waals surface area contributed by atoms with Gasteiger partial charge in [-0.1, -0.05) is 44.2 Å². The second-order valence-corrected chi connectivity index (χ2v) is 6.39. The molecule has 0 spiro atoms. The molecule has 4 nitrogen and oxygen atoms in total. The lowest BCUT2D eigenvalue weighted by Gasteiger charge is -2.28. The van der Waals surface area contributed by atoms with Gasteiger partial charge in [-0.2, -0.15) is 0 Å². The molecule has 0 saturated carbocycles. The van der Waals surface area contributed by atoms with Crippen LogP contribution in [0.5, 0.6) is 0 Å². The SMILES string of the molecule is CC(C)C[C@@H](CC(=O)O)NC(=O)C(C)(C)c1ccccc1. The number of carboxylic acids is 1. The fourth-order valence-electron chi connectivity index (χ4n) is 2.32. The number of carbonyl (C=O) groups is 2. The Morgan fingerprint density at radius 2 is 1.76 bits per heavy atom. The van der Waals surface area contributed by atoms with Crippen LogP contribution in [0.1, 0.15) is 46.1 Å². The van der Waals surface area contributed by atoms with Gasteiger partial charge < -0.3 is 10.4 Å². The Morgan fingerprint density at radius 3 is 2.24 bits per heavy atom. The number of benzene rings is 1. The van der Waals surface area contributed by atoms with Crippen molar-refractivity contribution < 1.29 is 14.7 Å². The molecule has 1 amide bonds. The summed E-state index contributed by atoms with van der Waals surface area (Å²) in [4.78, 5) is 23.5. The van der Waals surface area contributed by atoms with E-state index < -0.39 is 11.4 Å². The highest BCUT2D eigenvalue weighted by Crippen LogP contribution is 2.23. The fourth-order valence-corrected chi connectivity index (χ4v) is 2.32. The molecule has 0 bridgehead atoms. The molecule has 1 aromatic carbocycles. The van der Waals surface area contributed by atoms with Crippen LogP contribution in [-0.2, 0) is 15.0 Å². The third kappa shape index (κ3) is 5.21. The predicted octanol–water partition coefficient (Wildman–Crippen LogP) is 2.97. The molecule has 2 N–H and O–H groups in total. The maximum Gasteiger partial charge on any atom is 0.305 e. The summed E-state index contributed by atoms with van der Waals surface area (Å²) >= 11 is 0. The zero-order valence-electron chi connectivity index (χ0n) is 13.2. The number of hydrogen-bond acceptors (Lipinski definition) is 2. The van der Waals surface area contributed by atoms with Gasteiger partial charge in [-0.25, -0.2) is 0 Å². The Labute approximate surface area is 126 Å². The average molecular weight is 291 g/mol. The lowest BCUT2D eigenvalue weighted by Crippen LogP contribution is -2.46. The molecule has 1 rings (SSSR count). The highest BCUT2D eigenvalue weighted by molar-refractivity contribution is 5.87. The standard InChI is InChI=1S/C17H25NO3/c1-12(2)10-14(11-15(19)20)18-16(21)17(3,4)13-8-6-5-7-9-13/h5-9,12,14H,10-11H2,1-4H3,(H,18,21)(H,19,20)/t14-/m0/s1. The number of rotatable bonds is 7. The van der Waals surface area contributed by atoms with Crippen molar-refractivity contribution in [3.05, 3.63) is 35.9 Å². The molecule has 0 radical (unpaired) electrons. The van der Waals surface area contributed by atoms with Gasteiger partial charge in [0.2, 0.25) is 5.91 Å². The maximum absolute atomic E-state index is 12.5. The van der Waals surface area contributed by atoms with Gasteiger partial charge >= 0.3 is 5.97 Å². The summed E-state index contributed by atoms with van der Waals surface area (Å²) in [5.74, 6) is -0.700. The van der Waals surface area contributed by atoms with Crippen LogP contribution in [0.3, 0.4) is 0 Å². The molecule has 0 aliphatic carbocycles. The minimum Gasteiger partial charge on any atom is -0.481 e. The van der Waals surface area contributed by atoms with Crippen LogP contribution < -0.4 is 5.32 Å². The van der Waals surface area contributed by atoms with Crippen molar-refractivity contribution in [2.24, 2.45) is 5.92 Å². The van der Waals surface area contributed by atoms with Crippen LogP contribution in [0, 0.1) is 5.92 Å². The van der Waals surface area contributed by atoms with E-state index in [4.69, 9.17) is 5.11 Å². The van der Waals surface area contributed by atoms with E-state index in [2.05, 4.69) is 5.32 Å². The Kier molecular flexibility index (Phi) is 5.94. The summed E-state index contributed by atoms with van der Waals surface area (Å²) in [6.45, 7) is 7.74. The first kappa shape index (κ1) is 17.2. The van der Waals surface area contributed by atoms with Gasteiger partial charge in [0.15, 0.2) is 0 Å². The van der Waals surface area contributed by atoms with Crippen LogP contribution in [0.2, 0.25) is 0 Å². The highest BCUT2D eigenvalue weighted by Gasteiger charge is 2.31. The first-order valence-electron chi connectivity index (χ1n) is 7.31. The number of hydrogen-bond donors (Lipinski definition) is 2. The molecule has 116 valence electrons. The number of carbonyl (C=O) groups excluding carboxylic acids is 1. The zero-order valence-corrected chi connectivity index (χ0v) is 13.2. The Balaban J connectivity index is 2.82. The summed E-state index contributed by atoms with van der Waals surface area (Å²) < 4.78 is 0. The van der Waals surface area contributed by atoms with Crippen molar-refractivity contribution in [1.29, 1.82) is 0 Å². The molecule has 0 unspecified atom stereocenters. The first-order chi connectivity index (χ1) is 9.73. The summed E-state index contributed by atoms with van der Waals surface area (Å²) in [7, 11) is 0. The quantitative estimate of drug-likeness (QED) is 0.811. The van der Waals surface area contributed by atoms with Gasteiger partial charge in [-0.3, -0.25) is 9.59 Å². The van der Waals surface area contributed by atoms with Gasteiger partial charge in [-0.15, -0.1) is 0 Å². The van der Waals surface area contributed by atoms with Crippen LogP contribution in [-0.4, -0.2) is 23.0 Å². The lowest BCUT2D eigenvalue weighted by atomic mass is 9.83. The van der Waals surface area contributed by atoms with Crippen LogP contribution in [0.25, 0.3) is 0 Å². The third-order valence-electron chi connectivity index (χ3n) is 3.58. The Hall–Kier alpha value is -1.84. The average Bonchev–Trinajstić information content (AvgIpc) is 2.38. The Morgan fingerprint density at radius 1 is 1.19 bits per heavy atom. The van der Waals surface area contributed by atoms with E-state index >= 15 is 0 Å². The smallest absolute Gasteiger partial charge is 0.305 e. The first-order valence-corrected chi connectivity index (χ1v) is 7.31. The molecule has 0 heterocycles. The molecule has 4 heteroatoms. The van der Waals surface area contributed by atoms with Gasteiger partial charge in [0.25, 0.3) is 0 Å². The Bertz CT molecular complexity index is 480. The maximum atomic E-state index is 12.5. The summed E-state index contributed by atoms with van der Waals surface area (Å²) in [6.07, 6.45) is 0.609. The molecule has 21 heavy (non-hydrogen) atoms. The van der Waals surface area contributed by atoms with E-state index in [0.29, 0.717) is 12.3 Å². The van der Waals surface area contributed by atoms with Crippen molar-refractivity contribution in [2.75, 3.05) is 0 Å². The van der Waals surface area contributed by atoms with E-state index in [1.165, 1.54) is 0 Å².